The van der Waals surface area contributed by atoms with Gasteiger partial charge in [0.1, 0.15) is 5.82 Å². The molecule has 0 aliphatic carbocycles. The molecule has 4 rings (SSSR count). The SMILES string of the molecule is Cc1ncc(CN2CC[C@@H]3[C@@H](CCC(=O)N3CCc3ccccc3)C2)[nH]1. The van der Waals surface area contributed by atoms with Crippen LogP contribution >= 0.6 is 0 Å². The van der Waals surface area contributed by atoms with Crippen molar-refractivity contribution < 1.29 is 4.79 Å². The molecule has 2 saturated heterocycles. The van der Waals surface area contributed by atoms with Gasteiger partial charge < -0.3 is 9.88 Å². The number of likely N-dealkylation sites (tertiary alicyclic amines) is 2. The van der Waals surface area contributed by atoms with Gasteiger partial charge in [0.2, 0.25) is 5.91 Å². The van der Waals surface area contributed by atoms with E-state index in [-0.39, 0.29) is 0 Å². The van der Waals surface area contributed by atoms with Gasteiger partial charge >= 0.3 is 0 Å². The van der Waals surface area contributed by atoms with Gasteiger partial charge in [-0.1, -0.05) is 30.3 Å². The molecule has 5 nitrogen and oxygen atoms in total. The maximum Gasteiger partial charge on any atom is 0.222 e. The van der Waals surface area contributed by atoms with E-state index in [0.29, 0.717) is 24.3 Å². The third-order valence-corrected chi connectivity index (χ3v) is 5.86. The van der Waals surface area contributed by atoms with Crippen LogP contribution in [0.4, 0.5) is 0 Å². The fourth-order valence-electron chi connectivity index (χ4n) is 4.55. The molecule has 2 aromatic rings. The van der Waals surface area contributed by atoms with Crippen LogP contribution in [0, 0.1) is 12.8 Å². The molecule has 2 fully saturated rings. The molecule has 2 aliphatic rings. The number of carbonyl (C=O) groups excluding carboxylic acids is 1. The largest absolute Gasteiger partial charge is 0.345 e. The second-order valence-corrected chi connectivity index (χ2v) is 7.71. The normalized spacial score (nSPS) is 23.9. The van der Waals surface area contributed by atoms with Crippen molar-refractivity contribution in [3.05, 3.63) is 53.6 Å². The number of rotatable bonds is 5. The molecule has 2 aliphatic heterocycles. The Morgan fingerprint density at radius 3 is 2.85 bits per heavy atom. The number of amides is 1. The molecule has 3 heterocycles. The minimum absolute atomic E-state index is 0.347. The molecular formula is C21H28N4O. The minimum Gasteiger partial charge on any atom is -0.345 e. The van der Waals surface area contributed by atoms with Crippen LogP contribution in [0.3, 0.4) is 0 Å². The van der Waals surface area contributed by atoms with E-state index in [4.69, 9.17) is 0 Å². The average Bonchev–Trinajstić information content (AvgIpc) is 3.06. The maximum absolute atomic E-state index is 12.5. The zero-order valence-corrected chi connectivity index (χ0v) is 15.5. The summed E-state index contributed by atoms with van der Waals surface area (Å²) in [6, 6.07) is 10.9. The lowest BCUT2D eigenvalue weighted by Gasteiger charge is -2.47. The van der Waals surface area contributed by atoms with Gasteiger partial charge in [-0.15, -0.1) is 0 Å². The van der Waals surface area contributed by atoms with Gasteiger partial charge in [-0.25, -0.2) is 4.98 Å². The Balaban J connectivity index is 1.37. The van der Waals surface area contributed by atoms with E-state index < -0.39 is 0 Å². The van der Waals surface area contributed by atoms with Gasteiger partial charge in [-0.05, 0) is 37.7 Å². The molecule has 1 N–H and O–H groups in total. The summed E-state index contributed by atoms with van der Waals surface area (Å²) < 4.78 is 0. The number of piperidine rings is 2. The van der Waals surface area contributed by atoms with E-state index in [0.717, 1.165) is 51.3 Å². The smallest absolute Gasteiger partial charge is 0.222 e. The highest BCUT2D eigenvalue weighted by molar-refractivity contribution is 5.77. The van der Waals surface area contributed by atoms with Crippen molar-refractivity contribution in [3.63, 3.8) is 0 Å². The van der Waals surface area contributed by atoms with Crippen LogP contribution in [0.5, 0.6) is 0 Å². The molecule has 0 bridgehead atoms. The van der Waals surface area contributed by atoms with Crippen LogP contribution in [0.2, 0.25) is 0 Å². The number of hydrogen-bond acceptors (Lipinski definition) is 3. The molecule has 1 aromatic carbocycles. The third-order valence-electron chi connectivity index (χ3n) is 5.86. The number of nitrogens with one attached hydrogen (secondary N) is 1. The van der Waals surface area contributed by atoms with E-state index in [1.807, 2.05) is 19.2 Å². The Hall–Kier alpha value is -2.14. The van der Waals surface area contributed by atoms with Crippen molar-refractivity contribution in [2.45, 2.75) is 45.2 Å². The Labute approximate surface area is 155 Å². The van der Waals surface area contributed by atoms with Gasteiger partial charge in [0.05, 0.1) is 0 Å². The van der Waals surface area contributed by atoms with E-state index in [9.17, 15) is 4.79 Å². The van der Waals surface area contributed by atoms with Gasteiger partial charge in [0.25, 0.3) is 0 Å². The van der Waals surface area contributed by atoms with Crippen LogP contribution in [0.1, 0.15) is 36.3 Å². The monoisotopic (exact) mass is 352 g/mol. The van der Waals surface area contributed by atoms with Crippen molar-refractivity contribution in [1.82, 2.24) is 19.8 Å². The number of benzene rings is 1. The van der Waals surface area contributed by atoms with Gasteiger partial charge in [0.15, 0.2) is 0 Å². The number of imidazole rings is 1. The first-order valence-electron chi connectivity index (χ1n) is 9.75. The van der Waals surface area contributed by atoms with Crippen LogP contribution in [0.15, 0.2) is 36.5 Å². The molecule has 0 radical (unpaired) electrons. The molecule has 2 atom stereocenters. The number of fused-ring (bicyclic) bond motifs is 1. The fraction of sp³-hybridized carbons (Fsp3) is 0.524. The number of H-pyrrole nitrogens is 1. The van der Waals surface area contributed by atoms with Gasteiger partial charge in [0, 0.05) is 50.5 Å². The van der Waals surface area contributed by atoms with Crippen LogP contribution in [0.25, 0.3) is 0 Å². The zero-order chi connectivity index (χ0) is 17.9. The van der Waals surface area contributed by atoms with E-state index in [1.54, 1.807) is 0 Å². The molecule has 26 heavy (non-hydrogen) atoms. The van der Waals surface area contributed by atoms with Crippen molar-refractivity contribution >= 4 is 5.91 Å². The third kappa shape index (κ3) is 3.83. The molecule has 1 amide bonds. The molecule has 0 saturated carbocycles. The molecule has 0 unspecified atom stereocenters. The summed E-state index contributed by atoms with van der Waals surface area (Å²) >= 11 is 0. The standard InChI is InChI=1S/C21H28N4O/c1-16-22-13-19(23-16)15-24-11-10-20-18(14-24)7-8-21(26)25(20)12-9-17-5-3-2-4-6-17/h2-6,13,18,20H,7-12,14-15H2,1H3,(H,22,23)/t18-,20+/m0/s1. The second kappa shape index (κ2) is 7.62. The first-order valence-corrected chi connectivity index (χ1v) is 9.75. The van der Waals surface area contributed by atoms with Crippen molar-refractivity contribution in [3.8, 4) is 0 Å². The Morgan fingerprint density at radius 1 is 1.23 bits per heavy atom. The number of hydrogen-bond donors (Lipinski definition) is 1. The van der Waals surface area contributed by atoms with E-state index in [2.05, 4.69) is 44.0 Å². The van der Waals surface area contributed by atoms with Gasteiger partial charge in [-0.3, -0.25) is 9.69 Å². The predicted molar refractivity (Wildman–Crippen MR) is 102 cm³/mol. The lowest BCUT2D eigenvalue weighted by molar-refractivity contribution is -0.141. The topological polar surface area (TPSA) is 52.2 Å². The average molecular weight is 352 g/mol. The molecule has 138 valence electrons. The number of carbonyl (C=O) groups is 1. The summed E-state index contributed by atoms with van der Waals surface area (Å²) in [5.41, 5.74) is 2.50. The quantitative estimate of drug-likeness (QED) is 0.900. The Bertz CT molecular complexity index is 741. The molecular weight excluding hydrogens is 324 g/mol. The molecule has 1 aromatic heterocycles. The minimum atomic E-state index is 0.347. The Kier molecular flexibility index (Phi) is 5.07. The predicted octanol–water partition coefficient (Wildman–Crippen LogP) is 2.77. The summed E-state index contributed by atoms with van der Waals surface area (Å²) in [6.07, 6.45) is 5.71. The summed E-state index contributed by atoms with van der Waals surface area (Å²) in [4.78, 5) is 24.9. The van der Waals surface area contributed by atoms with Crippen LogP contribution < -0.4 is 0 Å². The highest BCUT2D eigenvalue weighted by Gasteiger charge is 2.38. The van der Waals surface area contributed by atoms with Crippen molar-refractivity contribution in [1.29, 1.82) is 0 Å². The lowest BCUT2D eigenvalue weighted by Crippen LogP contribution is -2.56. The summed E-state index contributed by atoms with van der Waals surface area (Å²) in [5.74, 6) is 1.92. The lowest BCUT2D eigenvalue weighted by atomic mass is 9.83. The number of aryl methyl sites for hydroxylation is 1. The number of aromatic amines is 1. The highest BCUT2D eigenvalue weighted by atomic mass is 16.2. The number of nitrogens with zero attached hydrogens (tertiary/aromatic N) is 3. The highest BCUT2D eigenvalue weighted by Crippen LogP contribution is 2.32. The first kappa shape index (κ1) is 17.3. The Morgan fingerprint density at radius 2 is 2.08 bits per heavy atom. The van der Waals surface area contributed by atoms with Crippen molar-refractivity contribution in [2.75, 3.05) is 19.6 Å². The summed E-state index contributed by atoms with van der Waals surface area (Å²) in [7, 11) is 0. The first-order chi connectivity index (χ1) is 12.7. The fourth-order valence-corrected chi connectivity index (χ4v) is 4.55. The molecule has 0 spiro atoms. The summed E-state index contributed by atoms with van der Waals surface area (Å²) in [6.45, 7) is 5.91. The number of aromatic nitrogens is 2. The summed E-state index contributed by atoms with van der Waals surface area (Å²) in [5, 5.41) is 0. The van der Waals surface area contributed by atoms with Gasteiger partial charge in [-0.2, -0.15) is 0 Å². The van der Waals surface area contributed by atoms with Crippen LogP contribution in [-0.2, 0) is 17.8 Å². The molecule has 5 heteroatoms. The zero-order valence-electron chi connectivity index (χ0n) is 15.5. The van der Waals surface area contributed by atoms with Crippen molar-refractivity contribution in [2.24, 2.45) is 5.92 Å². The second-order valence-electron chi connectivity index (χ2n) is 7.71. The van der Waals surface area contributed by atoms with E-state index in [1.165, 1.54) is 11.3 Å². The maximum atomic E-state index is 12.5. The van der Waals surface area contributed by atoms with Crippen LogP contribution in [-0.4, -0.2) is 51.4 Å². The van der Waals surface area contributed by atoms with E-state index >= 15 is 0 Å².